The maximum absolute atomic E-state index is 12.7. The lowest BCUT2D eigenvalue weighted by atomic mass is 10.0. The number of nitrogens with one attached hydrogen (secondary N) is 1. The summed E-state index contributed by atoms with van der Waals surface area (Å²) in [6.07, 6.45) is 3.87. The van der Waals surface area contributed by atoms with Crippen LogP contribution in [0.3, 0.4) is 0 Å². The molecule has 0 radical (unpaired) electrons. The molecule has 3 aromatic rings. The third kappa shape index (κ3) is 3.51. The highest BCUT2D eigenvalue weighted by Crippen LogP contribution is 2.20. The number of nitrogens with zero attached hydrogens (tertiary/aromatic N) is 4. The van der Waals surface area contributed by atoms with Gasteiger partial charge >= 0.3 is 0 Å². The zero-order valence-electron chi connectivity index (χ0n) is 13.1. The van der Waals surface area contributed by atoms with Crippen molar-refractivity contribution in [2.45, 2.75) is 19.4 Å². The summed E-state index contributed by atoms with van der Waals surface area (Å²) in [6.45, 7) is 2.04. The van der Waals surface area contributed by atoms with Crippen LogP contribution in [0.4, 0.5) is 0 Å². The molecular weight excluding hydrogens is 370 g/mol. The summed E-state index contributed by atoms with van der Waals surface area (Å²) >= 11 is 3.40. The fourth-order valence-corrected chi connectivity index (χ4v) is 2.79. The monoisotopic (exact) mass is 385 g/mol. The van der Waals surface area contributed by atoms with E-state index in [-0.39, 0.29) is 11.9 Å². The normalized spacial score (nSPS) is 11.9. The SMILES string of the molecule is CCC(NC(=O)c1nc(-n2cnnc2)ccc1Br)c1ccccc1. The van der Waals surface area contributed by atoms with Crippen LogP contribution in [0.1, 0.15) is 35.4 Å². The fraction of sp³-hybridized carbons (Fsp3) is 0.176. The molecule has 1 unspecified atom stereocenters. The zero-order valence-corrected chi connectivity index (χ0v) is 14.6. The van der Waals surface area contributed by atoms with E-state index < -0.39 is 0 Å². The molecule has 3 rings (SSSR count). The van der Waals surface area contributed by atoms with Crippen LogP contribution in [0.2, 0.25) is 0 Å². The van der Waals surface area contributed by atoms with Crippen LogP contribution >= 0.6 is 15.9 Å². The molecule has 0 spiro atoms. The Bertz CT molecular complexity index is 820. The predicted molar refractivity (Wildman–Crippen MR) is 93.8 cm³/mol. The van der Waals surface area contributed by atoms with Crippen molar-refractivity contribution >= 4 is 21.8 Å². The van der Waals surface area contributed by atoms with Gasteiger partial charge in [0.2, 0.25) is 0 Å². The standard InChI is InChI=1S/C17H16BrN5O/c1-2-14(12-6-4-3-5-7-12)21-17(24)16-13(18)8-9-15(22-16)23-10-19-20-11-23/h3-11,14H,2H2,1H3,(H,21,24). The van der Waals surface area contributed by atoms with Gasteiger partial charge < -0.3 is 5.32 Å². The van der Waals surface area contributed by atoms with E-state index in [9.17, 15) is 4.79 Å². The average molecular weight is 386 g/mol. The van der Waals surface area contributed by atoms with Crippen LogP contribution in [0, 0.1) is 0 Å². The third-order valence-electron chi connectivity index (χ3n) is 3.65. The molecule has 2 aromatic heterocycles. The number of hydrogen-bond donors (Lipinski definition) is 1. The molecule has 2 heterocycles. The Morgan fingerprint density at radius 1 is 1.17 bits per heavy atom. The van der Waals surface area contributed by atoms with Crippen LogP contribution in [0.15, 0.2) is 59.6 Å². The van der Waals surface area contributed by atoms with Crippen LogP contribution in [0.5, 0.6) is 0 Å². The summed E-state index contributed by atoms with van der Waals surface area (Å²) in [4.78, 5) is 17.1. The first-order valence-electron chi connectivity index (χ1n) is 7.56. The number of amides is 1. The highest BCUT2D eigenvalue weighted by molar-refractivity contribution is 9.10. The molecule has 24 heavy (non-hydrogen) atoms. The van der Waals surface area contributed by atoms with Gasteiger partial charge in [0.25, 0.3) is 5.91 Å². The maximum atomic E-state index is 12.7. The van der Waals surface area contributed by atoms with Crippen molar-refractivity contribution < 1.29 is 4.79 Å². The molecule has 0 aliphatic heterocycles. The largest absolute Gasteiger partial charge is 0.344 e. The molecule has 6 nitrogen and oxygen atoms in total. The number of rotatable bonds is 5. The van der Waals surface area contributed by atoms with Crippen molar-refractivity contribution in [1.82, 2.24) is 25.1 Å². The highest BCUT2D eigenvalue weighted by atomic mass is 79.9. The van der Waals surface area contributed by atoms with Gasteiger partial charge in [-0.15, -0.1) is 10.2 Å². The molecule has 0 saturated heterocycles. The lowest BCUT2D eigenvalue weighted by Crippen LogP contribution is -2.29. The Kier molecular flexibility index (Phi) is 5.00. The second-order valence-corrected chi connectivity index (χ2v) is 6.07. The van der Waals surface area contributed by atoms with Gasteiger partial charge in [-0.1, -0.05) is 37.3 Å². The van der Waals surface area contributed by atoms with Crippen LogP contribution in [-0.4, -0.2) is 25.7 Å². The number of halogens is 1. The van der Waals surface area contributed by atoms with Crippen molar-refractivity contribution in [3.8, 4) is 5.82 Å². The molecule has 0 saturated carbocycles. The second kappa shape index (κ2) is 7.35. The summed E-state index contributed by atoms with van der Waals surface area (Å²) in [6, 6.07) is 13.4. The van der Waals surface area contributed by atoms with E-state index in [2.05, 4.69) is 36.4 Å². The fourth-order valence-electron chi connectivity index (χ4n) is 2.39. The number of carbonyl (C=O) groups is 1. The molecule has 1 aromatic carbocycles. The second-order valence-electron chi connectivity index (χ2n) is 5.21. The van der Waals surface area contributed by atoms with E-state index in [4.69, 9.17) is 0 Å². The molecule has 1 amide bonds. The summed E-state index contributed by atoms with van der Waals surface area (Å²) in [7, 11) is 0. The van der Waals surface area contributed by atoms with Gasteiger partial charge in [0, 0.05) is 4.47 Å². The summed E-state index contributed by atoms with van der Waals surface area (Å²) in [5, 5.41) is 10.6. The summed E-state index contributed by atoms with van der Waals surface area (Å²) < 4.78 is 2.29. The van der Waals surface area contributed by atoms with Crippen molar-refractivity contribution in [2.75, 3.05) is 0 Å². The number of aromatic nitrogens is 4. The Hall–Kier alpha value is -2.54. The van der Waals surface area contributed by atoms with Crippen molar-refractivity contribution in [2.24, 2.45) is 0 Å². The Labute approximate surface area is 148 Å². The summed E-state index contributed by atoms with van der Waals surface area (Å²) in [5.41, 5.74) is 1.40. The van der Waals surface area contributed by atoms with Gasteiger partial charge in [-0.05, 0) is 40.0 Å². The van der Waals surface area contributed by atoms with E-state index in [1.54, 1.807) is 16.7 Å². The van der Waals surface area contributed by atoms with E-state index in [0.29, 0.717) is 16.0 Å². The van der Waals surface area contributed by atoms with Crippen LogP contribution in [-0.2, 0) is 0 Å². The van der Waals surface area contributed by atoms with Gasteiger partial charge in [-0.3, -0.25) is 9.36 Å². The smallest absolute Gasteiger partial charge is 0.271 e. The van der Waals surface area contributed by atoms with Gasteiger partial charge in [-0.25, -0.2) is 4.98 Å². The molecule has 7 heteroatoms. The summed E-state index contributed by atoms with van der Waals surface area (Å²) in [5.74, 6) is 0.355. The maximum Gasteiger partial charge on any atom is 0.271 e. The van der Waals surface area contributed by atoms with Crippen LogP contribution in [0.25, 0.3) is 5.82 Å². The lowest BCUT2D eigenvalue weighted by Gasteiger charge is -2.18. The number of pyridine rings is 1. The minimum absolute atomic E-state index is 0.0639. The quantitative estimate of drug-likeness (QED) is 0.730. The third-order valence-corrected chi connectivity index (χ3v) is 4.29. The minimum atomic E-state index is -0.229. The molecule has 1 atom stereocenters. The predicted octanol–water partition coefficient (Wildman–Crippen LogP) is 3.31. The Balaban J connectivity index is 1.85. The van der Waals surface area contributed by atoms with Crippen molar-refractivity contribution in [3.05, 3.63) is 70.8 Å². The Morgan fingerprint density at radius 3 is 2.54 bits per heavy atom. The lowest BCUT2D eigenvalue weighted by molar-refractivity contribution is 0.0929. The molecule has 122 valence electrons. The van der Waals surface area contributed by atoms with Gasteiger partial charge in [-0.2, -0.15) is 0 Å². The van der Waals surface area contributed by atoms with Gasteiger partial charge in [0.05, 0.1) is 6.04 Å². The first-order chi connectivity index (χ1) is 11.7. The molecule has 0 fully saturated rings. The Morgan fingerprint density at radius 2 is 1.88 bits per heavy atom. The van der Waals surface area contributed by atoms with Crippen molar-refractivity contribution in [1.29, 1.82) is 0 Å². The van der Waals surface area contributed by atoms with Gasteiger partial charge in [0.15, 0.2) is 0 Å². The highest BCUT2D eigenvalue weighted by Gasteiger charge is 2.18. The first kappa shape index (κ1) is 16.3. The minimum Gasteiger partial charge on any atom is -0.344 e. The topological polar surface area (TPSA) is 72.7 Å². The molecular formula is C17H16BrN5O. The van der Waals surface area contributed by atoms with Crippen LogP contribution < -0.4 is 5.32 Å². The molecule has 0 aliphatic rings. The average Bonchev–Trinajstić information content (AvgIpc) is 3.15. The van der Waals surface area contributed by atoms with E-state index in [1.165, 1.54) is 12.7 Å². The van der Waals surface area contributed by atoms with E-state index >= 15 is 0 Å². The number of benzene rings is 1. The number of hydrogen-bond acceptors (Lipinski definition) is 4. The molecule has 1 N–H and O–H groups in total. The molecule has 0 bridgehead atoms. The zero-order chi connectivity index (χ0) is 16.9. The number of carbonyl (C=O) groups excluding carboxylic acids is 1. The first-order valence-corrected chi connectivity index (χ1v) is 8.35. The van der Waals surface area contributed by atoms with E-state index in [0.717, 1.165) is 12.0 Å². The molecule has 0 aliphatic carbocycles. The van der Waals surface area contributed by atoms with Gasteiger partial charge in [0.1, 0.15) is 24.2 Å². The van der Waals surface area contributed by atoms with Crippen molar-refractivity contribution in [3.63, 3.8) is 0 Å². The van der Waals surface area contributed by atoms with E-state index in [1.807, 2.05) is 37.3 Å².